The van der Waals surface area contributed by atoms with E-state index >= 15 is 0 Å². The lowest BCUT2D eigenvalue weighted by Gasteiger charge is -2.22. The van der Waals surface area contributed by atoms with E-state index in [2.05, 4.69) is 47.2 Å². The summed E-state index contributed by atoms with van der Waals surface area (Å²) in [5, 5.41) is 0. The van der Waals surface area contributed by atoms with Crippen LogP contribution < -0.4 is 112 Å². The lowest BCUT2D eigenvalue weighted by molar-refractivity contribution is -0.427. The molecule has 1 aliphatic carbocycles. The Morgan fingerprint density at radius 3 is 0.590 bits per heavy atom. The van der Waals surface area contributed by atoms with Crippen LogP contribution in [0.25, 0.3) is 0 Å². The van der Waals surface area contributed by atoms with Gasteiger partial charge >= 0.3 is 17.9 Å². The van der Waals surface area contributed by atoms with Crippen LogP contribution in [0.3, 0.4) is 0 Å². The quantitative estimate of drug-likeness (QED) is 0.0403. The van der Waals surface area contributed by atoms with E-state index in [1.54, 1.807) is 42.7 Å². The summed E-state index contributed by atoms with van der Waals surface area (Å²) in [7, 11) is 9.64. The standard InChI is InChI=1S/C54H66N18O6/c1-73-43-25-7-27-15-38(68-50(57)58)17-29(44(27)74-2)9-31-19-40(70-52(61)62)21-33(46(31)76-4)11-35-23-42(72-54(65)66)24-36(48(35)78-6)12-34-22-41(71-53(63)64)20-32(47(34)77-5)10-30-18-39(69-51(59)60)16-28(45(30)75-3)8-26(43)14-37(13-25)67-49(55)56/h13-24H,7-12H2,1-6H3,(H4,55,56,67)(H4,57,58,68)(H4,59,60,69)(H4,61,62,70)(H4,63,64,71)(H4,65,66,72)/p+6. The van der Waals surface area contributed by atoms with E-state index in [4.69, 9.17) is 80.0 Å². The Kier molecular flexibility index (Phi) is 17.4. The van der Waals surface area contributed by atoms with Gasteiger partial charge in [0, 0.05) is 105 Å². The normalized spacial score (nSPS) is 12.8. The SMILES string of the molecule is COc1c2cc(N=C(N)N)cc1Cc1cc(N=C(N)N)cc(c1OC)Cc1cc([NH+]=C(N)[NH3+])cc(c1OC)Cc1cc([NH+]=C(N)[NH3+])cc(c1OC)Cc1cc([NH+]=C(N)[NH3+])cc(c1OC)Cc1cc(N=C(N)N)cc(c1OC)C2. The predicted octanol–water partition coefficient (Wildman–Crippen LogP) is -4.88. The fourth-order valence-electron chi connectivity index (χ4n) is 10.3. The van der Waals surface area contributed by atoms with Gasteiger partial charge in [0.1, 0.15) is 51.6 Å². The molecule has 408 valence electrons. The molecule has 1 aliphatic rings. The van der Waals surface area contributed by atoms with Gasteiger partial charge < -0.3 is 62.8 Å². The molecular weight excluding hydrogens is 997 g/mol. The van der Waals surface area contributed by atoms with Gasteiger partial charge in [0.15, 0.2) is 17.9 Å². The average Bonchev–Trinajstić information content (AvgIpc) is 3.35. The maximum atomic E-state index is 6.36. The molecule has 0 unspecified atom stereocenters. The van der Waals surface area contributed by atoms with Crippen LogP contribution in [0.2, 0.25) is 0 Å². The third-order valence-corrected chi connectivity index (χ3v) is 12.6. The van der Waals surface area contributed by atoms with Crippen molar-refractivity contribution < 1.29 is 60.6 Å². The lowest BCUT2D eigenvalue weighted by atomic mass is 9.90. The Morgan fingerprint density at radius 1 is 0.308 bits per heavy atom. The monoisotopic (exact) mass is 1070 g/mol. The highest BCUT2D eigenvalue weighted by atomic mass is 16.5. The summed E-state index contributed by atoms with van der Waals surface area (Å²) in [5.74, 6) is 3.54. The lowest BCUT2D eigenvalue weighted by Crippen LogP contribution is -2.85. The van der Waals surface area contributed by atoms with Crippen molar-refractivity contribution >= 4 is 69.9 Å². The second-order valence-corrected chi connectivity index (χ2v) is 18.5. The van der Waals surface area contributed by atoms with E-state index in [1.807, 2.05) is 72.8 Å². The second-order valence-electron chi connectivity index (χ2n) is 18.5. The zero-order chi connectivity index (χ0) is 56.5. The fraction of sp³-hybridized carbons (Fsp3) is 0.222. The zero-order valence-electron chi connectivity index (χ0n) is 44.8. The Hall–Kier alpha value is -9.78. The topological polar surface area (TPSA) is 451 Å². The van der Waals surface area contributed by atoms with Crippen molar-refractivity contribution in [3.63, 3.8) is 0 Å². The first kappa shape index (κ1) is 56.0. The van der Waals surface area contributed by atoms with Crippen molar-refractivity contribution in [2.24, 2.45) is 66.6 Å². The van der Waals surface area contributed by atoms with E-state index in [0.29, 0.717) is 102 Å². The molecule has 0 spiro atoms. The highest BCUT2D eigenvalue weighted by Crippen LogP contribution is 2.43. The number of hydrogen-bond acceptors (Lipinski definition) is 9. The van der Waals surface area contributed by atoms with Crippen LogP contribution >= 0.6 is 0 Å². The summed E-state index contributed by atoms with van der Waals surface area (Å²) in [5.41, 5.74) is 78.9. The van der Waals surface area contributed by atoms with Crippen molar-refractivity contribution in [3.05, 3.63) is 140 Å². The van der Waals surface area contributed by atoms with E-state index < -0.39 is 0 Å². The van der Waals surface area contributed by atoms with Gasteiger partial charge in [-0.1, -0.05) is 0 Å². The molecule has 6 aromatic rings. The summed E-state index contributed by atoms with van der Waals surface area (Å²) < 4.78 is 38.0. The molecule has 0 atom stereocenters. The molecule has 7 rings (SSSR count). The largest absolute Gasteiger partial charge is 0.496 e. The molecule has 0 fully saturated rings. The number of nitrogens with zero attached hydrogens (tertiary/aromatic N) is 3. The van der Waals surface area contributed by atoms with Crippen molar-refractivity contribution in [3.8, 4) is 34.5 Å². The number of nitrogens with two attached hydrogens (primary N) is 9. The minimum absolute atomic E-state index is 0.150. The van der Waals surface area contributed by atoms with Gasteiger partial charge in [-0.2, -0.15) is 15.0 Å². The first-order chi connectivity index (χ1) is 37.2. The van der Waals surface area contributed by atoms with Crippen LogP contribution in [0.1, 0.15) is 66.8 Å². The number of ether oxygens (including phenoxy) is 6. The summed E-state index contributed by atoms with van der Waals surface area (Å²) in [4.78, 5) is 23.2. The minimum atomic E-state index is -0.156. The molecule has 6 aromatic carbocycles. The molecule has 24 heteroatoms. The number of guanidine groups is 6. The second kappa shape index (κ2) is 24.3. The first-order valence-corrected chi connectivity index (χ1v) is 24.3. The first-order valence-electron chi connectivity index (χ1n) is 24.3. The summed E-state index contributed by atoms with van der Waals surface area (Å²) in [6.07, 6.45) is 1.48. The van der Waals surface area contributed by atoms with Crippen LogP contribution in [0.5, 0.6) is 34.5 Å². The highest BCUT2D eigenvalue weighted by molar-refractivity contribution is 5.81. The molecule has 0 aliphatic heterocycles. The Balaban J connectivity index is 1.64. The summed E-state index contributed by atoms with van der Waals surface area (Å²) in [6, 6.07) is 22.8. The van der Waals surface area contributed by atoms with Crippen molar-refractivity contribution in [2.75, 3.05) is 42.7 Å². The van der Waals surface area contributed by atoms with Crippen molar-refractivity contribution in [2.45, 2.75) is 38.5 Å². The molecule has 0 saturated heterocycles. The molecule has 12 bridgehead atoms. The van der Waals surface area contributed by atoms with Crippen molar-refractivity contribution in [1.82, 2.24) is 0 Å². The van der Waals surface area contributed by atoms with Crippen molar-refractivity contribution in [1.29, 1.82) is 0 Å². The number of nitrogens with one attached hydrogen (secondary N) is 3. The summed E-state index contributed by atoms with van der Waals surface area (Å²) >= 11 is 0. The Labute approximate surface area is 450 Å². The maximum absolute atomic E-state index is 6.36. The number of aliphatic imine (C=N–C) groups is 3. The van der Waals surface area contributed by atoms with Crippen LogP contribution in [0, 0.1) is 0 Å². The Morgan fingerprint density at radius 2 is 0.462 bits per heavy atom. The van der Waals surface area contributed by atoms with E-state index in [1.165, 1.54) is 0 Å². The molecule has 0 radical (unpaired) electrons. The number of fused-ring (bicyclic) bond motifs is 12. The molecule has 0 heterocycles. The van der Waals surface area contributed by atoms with Gasteiger partial charge in [-0.3, -0.25) is 17.2 Å². The molecule has 24 nitrogen and oxygen atoms in total. The smallest absolute Gasteiger partial charge is 0.439 e. The summed E-state index contributed by atoms with van der Waals surface area (Å²) in [6.45, 7) is 0. The molecule has 0 aromatic heterocycles. The van der Waals surface area contributed by atoms with Crippen LogP contribution in [-0.4, -0.2) is 78.4 Å². The van der Waals surface area contributed by atoms with Gasteiger partial charge in [-0.25, -0.2) is 32.2 Å². The molecule has 30 N–H and O–H groups in total. The van der Waals surface area contributed by atoms with Gasteiger partial charge in [0.25, 0.3) is 0 Å². The van der Waals surface area contributed by atoms with Crippen LogP contribution in [0.4, 0.5) is 34.1 Å². The van der Waals surface area contributed by atoms with Gasteiger partial charge in [0.05, 0.1) is 59.7 Å². The van der Waals surface area contributed by atoms with E-state index in [0.717, 1.165) is 33.4 Å². The third kappa shape index (κ3) is 13.2. The number of benzene rings is 6. The van der Waals surface area contributed by atoms with E-state index in [9.17, 15) is 0 Å². The minimum Gasteiger partial charge on any atom is -0.496 e. The number of rotatable bonds is 12. The maximum Gasteiger partial charge on any atom is 0.439 e. The third-order valence-electron chi connectivity index (χ3n) is 12.6. The highest BCUT2D eigenvalue weighted by Gasteiger charge is 2.26. The van der Waals surface area contributed by atoms with Crippen LogP contribution in [-0.2, 0) is 38.5 Å². The zero-order valence-corrected chi connectivity index (χ0v) is 44.8. The predicted molar refractivity (Wildman–Crippen MR) is 299 cm³/mol. The van der Waals surface area contributed by atoms with Gasteiger partial charge in [0.2, 0.25) is 0 Å². The van der Waals surface area contributed by atoms with Gasteiger partial charge in [-0.15, -0.1) is 0 Å². The van der Waals surface area contributed by atoms with Crippen LogP contribution in [0.15, 0.2) is 87.8 Å². The number of methoxy groups -OCH3 is 6. The average molecular weight is 1070 g/mol. The molecule has 0 saturated carbocycles. The number of hydrogen-bond donors (Lipinski definition) is 15. The Bertz CT molecular complexity index is 2730. The van der Waals surface area contributed by atoms with E-state index in [-0.39, 0.29) is 74.3 Å². The molecular formula is C54H72N18O6+6. The van der Waals surface area contributed by atoms with Gasteiger partial charge in [-0.05, 0) is 72.8 Å². The number of quaternary nitrogens is 3. The molecule has 0 amide bonds. The molecule has 78 heavy (non-hydrogen) atoms. The fourth-order valence-corrected chi connectivity index (χ4v) is 10.3.